The maximum Gasteiger partial charge on any atom is 0.499 e. The molecule has 0 atom stereocenters. The van der Waals surface area contributed by atoms with Crippen LogP contribution in [0.2, 0.25) is 0 Å². The Morgan fingerprint density at radius 2 is 1.71 bits per heavy atom. The third-order valence-corrected chi connectivity index (χ3v) is 2.15. The Morgan fingerprint density at radius 1 is 1.14 bits per heavy atom. The van der Waals surface area contributed by atoms with E-state index in [-0.39, 0.29) is 6.61 Å². The van der Waals surface area contributed by atoms with Crippen LogP contribution in [0.25, 0.3) is 6.08 Å². The topological polar surface area (TPSA) is 35.5 Å². The molecule has 0 spiro atoms. The summed E-state index contributed by atoms with van der Waals surface area (Å²) in [5, 5.41) is 0. The average Bonchev–Trinajstić information content (AvgIpc) is 2.36. The summed E-state index contributed by atoms with van der Waals surface area (Å²) in [7, 11) is 0. The second-order valence-electron chi connectivity index (χ2n) is 3.77. The fourth-order valence-electron chi connectivity index (χ4n) is 1.21. The highest BCUT2D eigenvalue weighted by atomic mass is 19.4. The zero-order valence-electron chi connectivity index (χ0n) is 10.8. The zero-order valence-corrected chi connectivity index (χ0v) is 10.8. The van der Waals surface area contributed by atoms with Gasteiger partial charge in [0.25, 0.3) is 0 Å². The molecule has 0 amide bonds. The molecule has 1 aromatic rings. The lowest BCUT2D eigenvalue weighted by atomic mass is 10.2. The van der Waals surface area contributed by atoms with Gasteiger partial charge in [-0.05, 0) is 30.7 Å². The van der Waals surface area contributed by atoms with E-state index in [1.165, 1.54) is 18.2 Å². The number of ether oxygens (including phenoxy) is 2. The van der Waals surface area contributed by atoms with Crippen molar-refractivity contribution in [1.29, 1.82) is 0 Å². The Labute approximate surface area is 117 Å². The number of halogens is 5. The summed E-state index contributed by atoms with van der Waals surface area (Å²) in [6, 6.07) is 4.31. The van der Waals surface area contributed by atoms with E-state index in [4.69, 9.17) is 0 Å². The Balaban J connectivity index is 2.73. The maximum absolute atomic E-state index is 12.6. The summed E-state index contributed by atoms with van der Waals surface area (Å²) in [5.74, 6) is -1.24. The van der Waals surface area contributed by atoms with Gasteiger partial charge in [0, 0.05) is 6.08 Å². The van der Waals surface area contributed by atoms with E-state index in [2.05, 4.69) is 9.47 Å². The van der Waals surface area contributed by atoms with Gasteiger partial charge in [0.15, 0.2) is 0 Å². The van der Waals surface area contributed by atoms with Crippen molar-refractivity contribution in [3.05, 3.63) is 35.9 Å². The molecule has 0 radical (unpaired) electrons. The third kappa shape index (κ3) is 5.05. The van der Waals surface area contributed by atoms with Crippen molar-refractivity contribution in [3.63, 3.8) is 0 Å². The van der Waals surface area contributed by atoms with Crippen molar-refractivity contribution in [2.24, 2.45) is 0 Å². The van der Waals surface area contributed by atoms with Crippen LogP contribution >= 0.6 is 0 Å². The number of rotatable bonds is 5. The van der Waals surface area contributed by atoms with Crippen molar-refractivity contribution in [3.8, 4) is 5.75 Å². The van der Waals surface area contributed by atoms with Gasteiger partial charge in [-0.3, -0.25) is 0 Å². The molecule has 0 aromatic heterocycles. The minimum absolute atomic E-state index is 0.197. The molecular formula is C13H11F5O3. The average molecular weight is 310 g/mol. The number of carbonyl (C=O) groups excluding carboxylic acids is 1. The summed E-state index contributed by atoms with van der Waals surface area (Å²) in [6.45, 7) is 1.82. The van der Waals surface area contributed by atoms with Gasteiger partial charge < -0.3 is 9.47 Å². The second kappa shape index (κ2) is 6.55. The molecule has 0 fully saturated rings. The van der Waals surface area contributed by atoms with Crippen molar-refractivity contribution in [2.75, 3.05) is 6.61 Å². The summed E-state index contributed by atoms with van der Waals surface area (Å²) in [5.41, 5.74) is 0.408. The van der Waals surface area contributed by atoms with E-state index in [9.17, 15) is 26.7 Å². The molecule has 8 heteroatoms. The minimum Gasteiger partial charge on any atom is -0.463 e. The summed E-state index contributed by atoms with van der Waals surface area (Å²) in [4.78, 5) is 11.0. The lowest BCUT2D eigenvalue weighted by molar-refractivity contribution is -0.360. The number of benzene rings is 1. The van der Waals surface area contributed by atoms with E-state index in [0.717, 1.165) is 18.2 Å². The predicted octanol–water partition coefficient (Wildman–Crippen LogP) is 3.80. The van der Waals surface area contributed by atoms with Crippen LogP contribution in [0.3, 0.4) is 0 Å². The second-order valence-corrected chi connectivity index (χ2v) is 3.77. The van der Waals surface area contributed by atoms with Gasteiger partial charge in [0.2, 0.25) is 0 Å². The van der Waals surface area contributed by atoms with E-state index >= 15 is 0 Å². The van der Waals surface area contributed by atoms with Crippen LogP contribution in [0.15, 0.2) is 30.3 Å². The fourth-order valence-corrected chi connectivity index (χ4v) is 1.21. The van der Waals surface area contributed by atoms with E-state index in [1.807, 2.05) is 0 Å². The van der Waals surface area contributed by atoms with Gasteiger partial charge >= 0.3 is 18.3 Å². The van der Waals surface area contributed by atoms with Crippen LogP contribution in [0.5, 0.6) is 5.75 Å². The molecule has 0 unspecified atom stereocenters. The first kappa shape index (κ1) is 16.9. The van der Waals surface area contributed by atoms with Gasteiger partial charge in [-0.1, -0.05) is 12.1 Å². The van der Waals surface area contributed by atoms with E-state index in [0.29, 0.717) is 5.56 Å². The highest BCUT2D eigenvalue weighted by molar-refractivity contribution is 5.87. The van der Waals surface area contributed by atoms with E-state index in [1.54, 1.807) is 6.92 Å². The number of alkyl halides is 5. The zero-order chi connectivity index (χ0) is 16.1. The molecule has 0 aliphatic rings. The molecule has 0 aliphatic carbocycles. The first-order chi connectivity index (χ1) is 9.65. The number of hydrogen-bond acceptors (Lipinski definition) is 3. The predicted molar refractivity (Wildman–Crippen MR) is 63.7 cm³/mol. The molecule has 0 aliphatic heterocycles. The van der Waals surface area contributed by atoms with Crippen LogP contribution in [-0.4, -0.2) is 24.9 Å². The van der Waals surface area contributed by atoms with Gasteiger partial charge in [-0.15, -0.1) is 0 Å². The Kier molecular flexibility index (Phi) is 5.28. The molecule has 3 nitrogen and oxygen atoms in total. The van der Waals surface area contributed by atoms with Crippen LogP contribution in [-0.2, 0) is 9.53 Å². The summed E-state index contributed by atoms with van der Waals surface area (Å²) < 4.78 is 69.3. The van der Waals surface area contributed by atoms with Crippen molar-refractivity contribution < 1.29 is 36.2 Å². The third-order valence-electron chi connectivity index (χ3n) is 2.15. The van der Waals surface area contributed by atoms with Gasteiger partial charge in [-0.25, -0.2) is 4.79 Å². The first-order valence-electron chi connectivity index (χ1n) is 5.74. The van der Waals surface area contributed by atoms with Crippen LogP contribution in [0, 0.1) is 0 Å². The van der Waals surface area contributed by atoms with Crippen molar-refractivity contribution in [1.82, 2.24) is 0 Å². The maximum atomic E-state index is 12.6. The molecule has 0 saturated carbocycles. The molecule has 1 aromatic carbocycles. The largest absolute Gasteiger partial charge is 0.499 e. The number of esters is 1. The lowest BCUT2D eigenvalue weighted by Crippen LogP contribution is -2.41. The van der Waals surface area contributed by atoms with Gasteiger partial charge in [0.1, 0.15) is 5.75 Å². The number of carbonyl (C=O) groups is 1. The summed E-state index contributed by atoms with van der Waals surface area (Å²) >= 11 is 0. The van der Waals surface area contributed by atoms with Crippen LogP contribution < -0.4 is 4.74 Å². The molecular weight excluding hydrogens is 299 g/mol. The van der Waals surface area contributed by atoms with Crippen molar-refractivity contribution >= 4 is 12.0 Å². The molecule has 0 heterocycles. The SMILES string of the molecule is CCOC(=O)C=Cc1ccc(OC(F)(F)C(F)(F)F)cc1. The molecule has 0 bridgehead atoms. The van der Waals surface area contributed by atoms with Crippen molar-refractivity contribution in [2.45, 2.75) is 19.2 Å². The monoisotopic (exact) mass is 310 g/mol. The molecule has 0 saturated heterocycles. The van der Waals surface area contributed by atoms with Gasteiger partial charge in [0.05, 0.1) is 6.61 Å². The summed E-state index contributed by atoms with van der Waals surface area (Å²) in [6.07, 6.45) is -8.64. The molecule has 21 heavy (non-hydrogen) atoms. The fraction of sp³-hybridized carbons (Fsp3) is 0.308. The highest BCUT2D eigenvalue weighted by Crippen LogP contribution is 2.37. The molecule has 0 N–H and O–H groups in total. The number of hydrogen-bond donors (Lipinski definition) is 0. The lowest BCUT2D eigenvalue weighted by Gasteiger charge is -2.20. The quantitative estimate of drug-likeness (QED) is 0.471. The van der Waals surface area contributed by atoms with Crippen LogP contribution in [0.4, 0.5) is 22.0 Å². The molecule has 116 valence electrons. The highest BCUT2D eigenvalue weighted by Gasteiger charge is 2.61. The van der Waals surface area contributed by atoms with E-state index < -0.39 is 24.0 Å². The minimum atomic E-state index is -5.80. The van der Waals surface area contributed by atoms with Crippen LogP contribution in [0.1, 0.15) is 12.5 Å². The Bertz CT molecular complexity index is 506. The molecule has 1 rings (SSSR count). The first-order valence-corrected chi connectivity index (χ1v) is 5.74. The van der Waals surface area contributed by atoms with Gasteiger partial charge in [-0.2, -0.15) is 22.0 Å². The Hall–Kier alpha value is -2.12. The standard InChI is InChI=1S/C13H11F5O3/c1-2-20-11(19)8-5-9-3-6-10(7-4-9)21-13(17,18)12(14,15)16/h3-8H,2H2,1H3. The Morgan fingerprint density at radius 3 is 2.19 bits per heavy atom. The smallest absolute Gasteiger partial charge is 0.463 e. The normalized spacial score (nSPS) is 12.5.